The summed E-state index contributed by atoms with van der Waals surface area (Å²) in [5, 5.41) is 7.41. The van der Waals surface area contributed by atoms with Crippen LogP contribution in [0.15, 0.2) is 47.6 Å². The standard InChI is InChI=1S/C23H25N3O3/c1-2-25-11-9-23(10-12-25)26-19(17-5-3-4-6-20(17)29-23)14-18(24-26)16-7-8-21-22(13-16)28-15-27-21/h3-8,13,19H,2,9-12,14-15H2,1H3. The molecule has 4 aliphatic heterocycles. The van der Waals surface area contributed by atoms with Gasteiger partial charge in [0.05, 0.1) is 11.8 Å². The van der Waals surface area contributed by atoms with Crippen molar-refractivity contribution in [3.8, 4) is 17.2 Å². The van der Waals surface area contributed by atoms with Crippen molar-refractivity contribution in [1.29, 1.82) is 0 Å². The number of hydrogen-bond acceptors (Lipinski definition) is 6. The van der Waals surface area contributed by atoms with Crippen molar-refractivity contribution in [3.63, 3.8) is 0 Å². The first-order valence-corrected chi connectivity index (χ1v) is 10.5. The van der Waals surface area contributed by atoms with Gasteiger partial charge >= 0.3 is 0 Å². The lowest BCUT2D eigenvalue weighted by Gasteiger charge is -2.51. The van der Waals surface area contributed by atoms with E-state index in [4.69, 9.17) is 19.3 Å². The Morgan fingerprint density at radius 1 is 1.03 bits per heavy atom. The van der Waals surface area contributed by atoms with Crippen molar-refractivity contribution in [2.24, 2.45) is 5.10 Å². The third kappa shape index (κ3) is 2.62. The molecule has 6 nitrogen and oxygen atoms in total. The molecule has 1 atom stereocenters. The van der Waals surface area contributed by atoms with Gasteiger partial charge in [0.15, 0.2) is 11.5 Å². The van der Waals surface area contributed by atoms with Gasteiger partial charge in [-0.05, 0) is 30.8 Å². The average Bonchev–Trinajstić information content (AvgIpc) is 3.42. The van der Waals surface area contributed by atoms with Crippen LogP contribution >= 0.6 is 0 Å². The number of fused-ring (bicyclic) bond motifs is 5. The molecular weight excluding hydrogens is 366 g/mol. The third-order valence-corrected chi connectivity index (χ3v) is 6.70. The summed E-state index contributed by atoms with van der Waals surface area (Å²) >= 11 is 0. The van der Waals surface area contributed by atoms with Gasteiger partial charge in [-0.2, -0.15) is 5.10 Å². The van der Waals surface area contributed by atoms with E-state index in [1.54, 1.807) is 0 Å². The van der Waals surface area contributed by atoms with Gasteiger partial charge < -0.3 is 19.1 Å². The quantitative estimate of drug-likeness (QED) is 0.780. The lowest BCUT2D eigenvalue weighted by molar-refractivity contribution is -0.149. The van der Waals surface area contributed by atoms with Gasteiger partial charge in [-0.3, -0.25) is 0 Å². The number of hydrazone groups is 1. The molecule has 0 aliphatic carbocycles. The van der Waals surface area contributed by atoms with E-state index in [1.807, 2.05) is 6.07 Å². The normalized spacial score (nSPS) is 24.1. The van der Waals surface area contributed by atoms with Crippen LogP contribution in [0.25, 0.3) is 0 Å². The van der Waals surface area contributed by atoms with Gasteiger partial charge in [-0.15, -0.1) is 0 Å². The van der Waals surface area contributed by atoms with E-state index in [1.165, 1.54) is 5.56 Å². The second-order valence-corrected chi connectivity index (χ2v) is 8.20. The van der Waals surface area contributed by atoms with Gasteiger partial charge in [0, 0.05) is 43.5 Å². The van der Waals surface area contributed by atoms with E-state index in [-0.39, 0.29) is 18.6 Å². The van der Waals surface area contributed by atoms with Crippen molar-refractivity contribution < 1.29 is 14.2 Å². The van der Waals surface area contributed by atoms with E-state index in [9.17, 15) is 0 Å². The summed E-state index contributed by atoms with van der Waals surface area (Å²) in [5.41, 5.74) is 3.06. The molecule has 6 heteroatoms. The molecule has 0 amide bonds. The van der Waals surface area contributed by atoms with Crippen LogP contribution in [-0.4, -0.2) is 47.8 Å². The molecule has 150 valence electrons. The Morgan fingerprint density at radius 2 is 1.86 bits per heavy atom. The summed E-state index contributed by atoms with van der Waals surface area (Å²) in [6, 6.07) is 14.8. The van der Waals surface area contributed by atoms with E-state index in [0.29, 0.717) is 0 Å². The highest BCUT2D eigenvalue weighted by Crippen LogP contribution is 2.50. The van der Waals surface area contributed by atoms with Crippen LogP contribution in [0.5, 0.6) is 17.2 Å². The predicted molar refractivity (Wildman–Crippen MR) is 109 cm³/mol. The molecule has 1 saturated heterocycles. The van der Waals surface area contributed by atoms with Crippen molar-refractivity contribution in [2.45, 2.75) is 38.0 Å². The van der Waals surface area contributed by atoms with E-state index >= 15 is 0 Å². The molecule has 1 spiro atoms. The number of ether oxygens (including phenoxy) is 3. The second kappa shape index (κ2) is 6.39. The summed E-state index contributed by atoms with van der Waals surface area (Å²) in [5.74, 6) is 2.63. The number of nitrogens with zero attached hydrogens (tertiary/aromatic N) is 3. The highest BCUT2D eigenvalue weighted by atomic mass is 16.7. The number of hydrogen-bond donors (Lipinski definition) is 0. The van der Waals surface area contributed by atoms with Crippen molar-refractivity contribution >= 4 is 5.71 Å². The van der Waals surface area contributed by atoms with Crippen molar-refractivity contribution in [2.75, 3.05) is 26.4 Å². The molecule has 0 N–H and O–H groups in total. The highest BCUT2D eigenvalue weighted by Gasteiger charge is 2.51. The summed E-state index contributed by atoms with van der Waals surface area (Å²) in [7, 11) is 0. The summed E-state index contributed by atoms with van der Waals surface area (Å²) < 4.78 is 17.7. The number of likely N-dealkylation sites (tertiary alicyclic amines) is 1. The monoisotopic (exact) mass is 391 g/mol. The Hall–Kier alpha value is -2.73. The number of piperidine rings is 1. The van der Waals surface area contributed by atoms with Crippen LogP contribution in [0, 0.1) is 0 Å². The average molecular weight is 391 g/mol. The Balaban J connectivity index is 1.39. The summed E-state index contributed by atoms with van der Waals surface area (Å²) in [6.07, 6.45) is 2.80. The molecule has 0 radical (unpaired) electrons. The summed E-state index contributed by atoms with van der Waals surface area (Å²) in [4.78, 5) is 2.49. The maximum Gasteiger partial charge on any atom is 0.231 e. The predicted octanol–water partition coefficient (Wildman–Crippen LogP) is 3.77. The molecule has 2 aromatic rings. The number of benzene rings is 2. The first kappa shape index (κ1) is 17.2. The fraction of sp³-hybridized carbons (Fsp3) is 0.435. The molecule has 2 aromatic carbocycles. The smallest absolute Gasteiger partial charge is 0.231 e. The SMILES string of the molecule is CCN1CCC2(CC1)Oc1ccccc1C1CC(c3ccc4c(c3)OCO4)=NN12. The maximum atomic E-state index is 6.67. The molecular formula is C23H25N3O3. The van der Waals surface area contributed by atoms with Gasteiger partial charge in [0.2, 0.25) is 12.5 Å². The van der Waals surface area contributed by atoms with Crippen LogP contribution in [0.2, 0.25) is 0 Å². The summed E-state index contributed by atoms with van der Waals surface area (Å²) in [6.45, 7) is 5.68. The van der Waals surface area contributed by atoms with Crippen LogP contribution in [0.3, 0.4) is 0 Å². The lowest BCUT2D eigenvalue weighted by atomic mass is 9.90. The molecule has 0 aromatic heterocycles. The molecule has 0 saturated carbocycles. The molecule has 29 heavy (non-hydrogen) atoms. The van der Waals surface area contributed by atoms with Crippen LogP contribution in [-0.2, 0) is 0 Å². The number of rotatable bonds is 2. The molecule has 4 heterocycles. The molecule has 1 unspecified atom stereocenters. The van der Waals surface area contributed by atoms with Gasteiger partial charge in [0.1, 0.15) is 5.75 Å². The topological polar surface area (TPSA) is 46.5 Å². The zero-order valence-electron chi connectivity index (χ0n) is 16.6. The van der Waals surface area contributed by atoms with Crippen LogP contribution in [0.4, 0.5) is 0 Å². The first-order chi connectivity index (χ1) is 14.3. The Kier molecular flexibility index (Phi) is 3.78. The van der Waals surface area contributed by atoms with Gasteiger partial charge in [0.25, 0.3) is 0 Å². The van der Waals surface area contributed by atoms with E-state index < -0.39 is 0 Å². The minimum atomic E-state index is -0.358. The maximum absolute atomic E-state index is 6.67. The molecule has 4 aliphatic rings. The minimum absolute atomic E-state index is 0.216. The van der Waals surface area contributed by atoms with Crippen molar-refractivity contribution in [1.82, 2.24) is 9.91 Å². The second-order valence-electron chi connectivity index (χ2n) is 8.20. The highest BCUT2D eigenvalue weighted by molar-refractivity contribution is 6.02. The fourth-order valence-corrected chi connectivity index (χ4v) is 5.03. The largest absolute Gasteiger partial charge is 0.466 e. The zero-order valence-corrected chi connectivity index (χ0v) is 16.6. The van der Waals surface area contributed by atoms with Crippen LogP contribution < -0.4 is 14.2 Å². The fourth-order valence-electron chi connectivity index (χ4n) is 5.03. The lowest BCUT2D eigenvalue weighted by Crippen LogP contribution is -2.59. The Labute approximate surface area is 170 Å². The molecule has 0 bridgehead atoms. The van der Waals surface area contributed by atoms with E-state index in [0.717, 1.165) is 67.4 Å². The Bertz CT molecular complexity index is 981. The van der Waals surface area contributed by atoms with Gasteiger partial charge in [-0.1, -0.05) is 25.1 Å². The van der Waals surface area contributed by atoms with Crippen LogP contribution in [0.1, 0.15) is 43.4 Å². The Morgan fingerprint density at radius 3 is 2.72 bits per heavy atom. The van der Waals surface area contributed by atoms with E-state index in [2.05, 4.69) is 53.2 Å². The third-order valence-electron chi connectivity index (χ3n) is 6.70. The first-order valence-electron chi connectivity index (χ1n) is 10.5. The molecule has 1 fully saturated rings. The minimum Gasteiger partial charge on any atom is -0.466 e. The molecule has 6 rings (SSSR count). The zero-order chi connectivity index (χ0) is 19.4. The van der Waals surface area contributed by atoms with Crippen molar-refractivity contribution in [3.05, 3.63) is 53.6 Å². The number of para-hydroxylation sites is 1. The van der Waals surface area contributed by atoms with Gasteiger partial charge in [-0.25, -0.2) is 5.01 Å².